The third-order valence-corrected chi connectivity index (χ3v) is 6.79. The normalized spacial score (nSPS) is 18.4. The van der Waals surface area contributed by atoms with Crippen molar-refractivity contribution in [2.24, 2.45) is 13.0 Å². The van der Waals surface area contributed by atoms with Crippen molar-refractivity contribution in [3.63, 3.8) is 0 Å². The molecule has 1 saturated heterocycles. The van der Waals surface area contributed by atoms with Gasteiger partial charge in [-0.2, -0.15) is 4.31 Å². The van der Waals surface area contributed by atoms with E-state index >= 15 is 0 Å². The first-order valence-electron chi connectivity index (χ1n) is 8.61. The molecule has 0 radical (unpaired) electrons. The topological polar surface area (TPSA) is 71.4 Å². The van der Waals surface area contributed by atoms with Crippen LogP contribution >= 0.6 is 11.6 Å². The maximum absolute atomic E-state index is 13.1. The number of anilines is 1. The lowest BCUT2D eigenvalue weighted by molar-refractivity contribution is 0.101. The van der Waals surface area contributed by atoms with Crippen LogP contribution in [0.2, 0.25) is 5.02 Å². The largest absolute Gasteiger partial charge is 0.345 e. The van der Waals surface area contributed by atoms with Gasteiger partial charge in [-0.05, 0) is 43.0 Å². The van der Waals surface area contributed by atoms with Crippen LogP contribution in [0.4, 0.5) is 10.1 Å². The van der Waals surface area contributed by atoms with E-state index in [1.165, 1.54) is 33.3 Å². The summed E-state index contributed by atoms with van der Waals surface area (Å²) in [5.41, 5.74) is 0.414. The Labute approximate surface area is 163 Å². The van der Waals surface area contributed by atoms with Crippen molar-refractivity contribution < 1.29 is 17.6 Å². The zero-order valence-electron chi connectivity index (χ0n) is 15.1. The number of nitrogens with one attached hydrogen (secondary N) is 1. The first-order valence-corrected chi connectivity index (χ1v) is 10.4. The van der Waals surface area contributed by atoms with Crippen molar-refractivity contribution in [3.8, 4) is 0 Å². The molecule has 3 rings (SSSR count). The van der Waals surface area contributed by atoms with E-state index in [9.17, 15) is 17.6 Å². The van der Waals surface area contributed by atoms with Gasteiger partial charge >= 0.3 is 0 Å². The fourth-order valence-electron chi connectivity index (χ4n) is 3.19. The van der Waals surface area contributed by atoms with Crippen molar-refractivity contribution in [3.05, 3.63) is 47.0 Å². The van der Waals surface area contributed by atoms with Gasteiger partial charge in [0.1, 0.15) is 16.4 Å². The van der Waals surface area contributed by atoms with Crippen molar-refractivity contribution >= 4 is 33.2 Å². The number of sulfonamides is 1. The number of rotatable bonds is 4. The average Bonchev–Trinajstić information content (AvgIpc) is 3.00. The van der Waals surface area contributed by atoms with Crippen molar-refractivity contribution in [2.45, 2.75) is 24.7 Å². The van der Waals surface area contributed by atoms with E-state index in [2.05, 4.69) is 5.32 Å². The Hall–Kier alpha value is -1.90. The molecular formula is C18H21ClFN3O3S. The quantitative estimate of drug-likeness (QED) is 0.833. The van der Waals surface area contributed by atoms with Crippen LogP contribution in [-0.4, -0.2) is 36.3 Å². The van der Waals surface area contributed by atoms with E-state index < -0.39 is 21.7 Å². The molecule has 1 aliphatic rings. The number of aromatic nitrogens is 1. The monoisotopic (exact) mass is 413 g/mol. The van der Waals surface area contributed by atoms with Gasteiger partial charge in [0.25, 0.3) is 5.91 Å². The van der Waals surface area contributed by atoms with Gasteiger partial charge in [0.15, 0.2) is 0 Å². The summed E-state index contributed by atoms with van der Waals surface area (Å²) in [5.74, 6) is -0.735. The van der Waals surface area contributed by atoms with E-state index in [1.807, 2.05) is 6.92 Å². The molecule has 1 amide bonds. The standard InChI is InChI=1S/C18H21ClFN3O3S/c1-12-4-3-7-23(10-12)27(25,26)14-9-17(22(2)11-14)18(24)21-16-6-5-13(20)8-15(16)19/h5-6,8-9,11-12H,3-4,7,10H2,1-2H3,(H,21,24)/t12-/m0/s1. The minimum atomic E-state index is -3.66. The molecule has 1 fully saturated rings. The Kier molecular flexibility index (Phi) is 5.60. The average molecular weight is 414 g/mol. The molecule has 6 nitrogen and oxygen atoms in total. The fraction of sp³-hybridized carbons (Fsp3) is 0.389. The van der Waals surface area contributed by atoms with Crippen LogP contribution in [0.25, 0.3) is 0 Å². The molecule has 1 aromatic carbocycles. The lowest BCUT2D eigenvalue weighted by atomic mass is 10.0. The number of halogens is 2. The summed E-state index contributed by atoms with van der Waals surface area (Å²) in [4.78, 5) is 12.6. The molecule has 2 heterocycles. The Morgan fingerprint density at radius 3 is 2.74 bits per heavy atom. The summed E-state index contributed by atoms with van der Waals surface area (Å²) in [5, 5.41) is 2.64. The highest BCUT2D eigenvalue weighted by Gasteiger charge is 2.30. The second-order valence-corrected chi connectivity index (χ2v) is 9.21. The SMILES string of the molecule is C[C@H]1CCCN(S(=O)(=O)c2cc(C(=O)Nc3ccc(F)cc3Cl)n(C)c2)C1. The minimum Gasteiger partial charge on any atom is -0.345 e. The number of nitrogens with zero attached hydrogens (tertiary/aromatic N) is 2. The Morgan fingerprint density at radius 2 is 2.07 bits per heavy atom. The van der Waals surface area contributed by atoms with Gasteiger partial charge in [-0.3, -0.25) is 4.79 Å². The number of amides is 1. The third kappa shape index (κ3) is 4.17. The van der Waals surface area contributed by atoms with Crippen LogP contribution in [0, 0.1) is 11.7 Å². The number of aryl methyl sites for hydroxylation is 1. The van der Waals surface area contributed by atoms with E-state index in [1.54, 1.807) is 7.05 Å². The summed E-state index contributed by atoms with van der Waals surface area (Å²) in [6.45, 7) is 2.98. The van der Waals surface area contributed by atoms with Gasteiger partial charge in [0, 0.05) is 26.3 Å². The van der Waals surface area contributed by atoms with Crippen molar-refractivity contribution in [2.75, 3.05) is 18.4 Å². The highest BCUT2D eigenvalue weighted by atomic mass is 35.5. The van der Waals surface area contributed by atoms with Crippen LogP contribution < -0.4 is 5.32 Å². The molecule has 1 atom stereocenters. The molecule has 146 valence electrons. The van der Waals surface area contributed by atoms with E-state index in [4.69, 9.17) is 11.6 Å². The first-order chi connectivity index (χ1) is 12.7. The predicted molar refractivity (Wildman–Crippen MR) is 102 cm³/mol. The van der Waals surface area contributed by atoms with Crippen LogP contribution in [0.15, 0.2) is 35.4 Å². The van der Waals surface area contributed by atoms with Gasteiger partial charge in [0.05, 0.1) is 10.7 Å². The molecule has 0 unspecified atom stereocenters. The predicted octanol–water partition coefficient (Wildman–Crippen LogP) is 3.49. The molecule has 0 spiro atoms. The second-order valence-electron chi connectivity index (χ2n) is 6.86. The molecule has 1 aliphatic heterocycles. The summed E-state index contributed by atoms with van der Waals surface area (Å²) in [7, 11) is -2.06. The lowest BCUT2D eigenvalue weighted by Crippen LogP contribution is -2.38. The third-order valence-electron chi connectivity index (χ3n) is 4.65. The van der Waals surface area contributed by atoms with Gasteiger partial charge < -0.3 is 9.88 Å². The first kappa shape index (κ1) is 19.9. The lowest BCUT2D eigenvalue weighted by Gasteiger charge is -2.29. The number of benzene rings is 1. The van der Waals surface area contributed by atoms with E-state index in [-0.39, 0.29) is 21.3 Å². The van der Waals surface area contributed by atoms with Gasteiger partial charge in [-0.15, -0.1) is 0 Å². The number of hydrogen-bond donors (Lipinski definition) is 1. The maximum atomic E-state index is 13.1. The smallest absolute Gasteiger partial charge is 0.272 e. The number of hydrogen-bond acceptors (Lipinski definition) is 3. The summed E-state index contributed by atoms with van der Waals surface area (Å²) in [6, 6.07) is 4.97. The van der Waals surface area contributed by atoms with E-state index in [0.717, 1.165) is 18.9 Å². The number of carbonyl (C=O) groups is 1. The Bertz CT molecular complexity index is 974. The summed E-state index contributed by atoms with van der Waals surface area (Å²) >= 11 is 5.93. The van der Waals surface area contributed by atoms with Crippen LogP contribution in [0.1, 0.15) is 30.3 Å². The van der Waals surface area contributed by atoms with Crippen LogP contribution in [-0.2, 0) is 17.1 Å². The van der Waals surface area contributed by atoms with Crippen LogP contribution in [0.5, 0.6) is 0 Å². The van der Waals surface area contributed by atoms with Crippen molar-refractivity contribution in [1.29, 1.82) is 0 Å². The van der Waals surface area contributed by atoms with E-state index in [0.29, 0.717) is 19.0 Å². The maximum Gasteiger partial charge on any atom is 0.272 e. The molecule has 9 heteroatoms. The highest BCUT2D eigenvalue weighted by Crippen LogP contribution is 2.26. The van der Waals surface area contributed by atoms with Gasteiger partial charge in [0.2, 0.25) is 10.0 Å². The molecular weight excluding hydrogens is 393 g/mol. The molecule has 1 aromatic heterocycles. The zero-order valence-corrected chi connectivity index (χ0v) is 16.6. The molecule has 0 saturated carbocycles. The molecule has 27 heavy (non-hydrogen) atoms. The highest BCUT2D eigenvalue weighted by molar-refractivity contribution is 7.89. The summed E-state index contributed by atoms with van der Waals surface area (Å²) in [6.07, 6.45) is 3.26. The second kappa shape index (κ2) is 7.61. The van der Waals surface area contributed by atoms with Gasteiger partial charge in [-0.25, -0.2) is 12.8 Å². The van der Waals surface area contributed by atoms with Crippen molar-refractivity contribution in [1.82, 2.24) is 8.87 Å². The molecule has 0 bridgehead atoms. The Balaban J connectivity index is 1.84. The Morgan fingerprint density at radius 1 is 1.33 bits per heavy atom. The number of carbonyl (C=O) groups excluding carboxylic acids is 1. The minimum absolute atomic E-state index is 0.0627. The molecule has 2 aromatic rings. The zero-order chi connectivity index (χ0) is 19.8. The van der Waals surface area contributed by atoms with Crippen LogP contribution in [0.3, 0.4) is 0 Å². The number of piperidine rings is 1. The molecule has 0 aliphatic carbocycles. The summed E-state index contributed by atoms with van der Waals surface area (Å²) < 4.78 is 41.8. The van der Waals surface area contributed by atoms with Gasteiger partial charge in [-0.1, -0.05) is 18.5 Å². The molecule has 1 N–H and O–H groups in total. The fourth-order valence-corrected chi connectivity index (χ4v) is 5.08.